The Kier molecular flexibility index (Phi) is 5.15. The lowest BCUT2D eigenvalue weighted by Gasteiger charge is -2.28. The number of nitrogens with two attached hydrogens (primary N) is 1. The van der Waals surface area contributed by atoms with Gasteiger partial charge in [0.05, 0.1) is 12.5 Å². The lowest BCUT2D eigenvalue weighted by molar-refractivity contribution is -0.137. The molecule has 110 valence electrons. The maximum atomic E-state index is 12.6. The second-order valence-corrected chi connectivity index (χ2v) is 5.48. The molecule has 1 saturated carbocycles. The van der Waals surface area contributed by atoms with Crippen LogP contribution >= 0.6 is 0 Å². The third-order valence-electron chi connectivity index (χ3n) is 3.92. The van der Waals surface area contributed by atoms with Gasteiger partial charge in [0.15, 0.2) is 0 Å². The average Bonchev–Trinajstić information content (AvgIpc) is 3.31. The maximum Gasteiger partial charge on any atom is 0.227 e. The van der Waals surface area contributed by atoms with Gasteiger partial charge in [-0.3, -0.25) is 4.79 Å². The van der Waals surface area contributed by atoms with E-state index in [1.807, 2.05) is 42.2 Å². The van der Waals surface area contributed by atoms with E-state index >= 15 is 0 Å². The predicted molar refractivity (Wildman–Crippen MR) is 79.1 cm³/mol. The van der Waals surface area contributed by atoms with E-state index in [2.05, 4.69) is 0 Å². The molecule has 1 fully saturated rings. The van der Waals surface area contributed by atoms with Gasteiger partial charge in [-0.25, -0.2) is 0 Å². The van der Waals surface area contributed by atoms with Crippen molar-refractivity contribution in [2.75, 3.05) is 20.3 Å². The summed E-state index contributed by atoms with van der Waals surface area (Å²) in [6.07, 6.45) is 2.20. The Labute approximate surface area is 120 Å². The van der Waals surface area contributed by atoms with E-state index in [9.17, 15) is 4.79 Å². The van der Waals surface area contributed by atoms with Crippen LogP contribution in [-0.4, -0.2) is 37.1 Å². The highest BCUT2D eigenvalue weighted by molar-refractivity contribution is 5.80. The zero-order chi connectivity index (χ0) is 14.5. The first-order chi connectivity index (χ1) is 9.65. The Balaban J connectivity index is 2.02. The highest BCUT2D eigenvalue weighted by atomic mass is 16.5. The molecule has 1 aromatic carbocycles. The number of carbonyl (C=O) groups is 1. The highest BCUT2D eigenvalue weighted by Gasteiger charge is 2.36. The molecule has 2 atom stereocenters. The summed E-state index contributed by atoms with van der Waals surface area (Å²) in [4.78, 5) is 14.6. The highest BCUT2D eigenvalue weighted by Crippen LogP contribution is 2.30. The Hall–Kier alpha value is -1.39. The number of rotatable bonds is 7. The molecule has 1 aromatic rings. The standard InChI is InChI=1S/C16H24N2O2/c1-12(15(17)13-6-4-3-5-7-13)16(19)18(10-11-20-2)14-8-9-14/h3-7,12,14-15H,8-11,17H2,1-2H3. The quantitative estimate of drug-likeness (QED) is 0.828. The molecule has 2 N–H and O–H groups in total. The number of amides is 1. The molecule has 2 rings (SSSR count). The van der Waals surface area contributed by atoms with Crippen LogP contribution in [0.2, 0.25) is 0 Å². The summed E-state index contributed by atoms with van der Waals surface area (Å²) in [5, 5.41) is 0. The fourth-order valence-electron chi connectivity index (χ4n) is 2.43. The van der Waals surface area contributed by atoms with E-state index in [1.165, 1.54) is 0 Å². The topological polar surface area (TPSA) is 55.6 Å². The number of carbonyl (C=O) groups excluding carboxylic acids is 1. The number of hydrogen-bond donors (Lipinski definition) is 1. The molecule has 0 heterocycles. The Bertz CT molecular complexity index is 431. The smallest absolute Gasteiger partial charge is 0.227 e. The van der Waals surface area contributed by atoms with Crippen LogP contribution in [-0.2, 0) is 9.53 Å². The second-order valence-electron chi connectivity index (χ2n) is 5.48. The molecule has 1 amide bonds. The van der Waals surface area contributed by atoms with Crippen molar-refractivity contribution in [3.8, 4) is 0 Å². The minimum atomic E-state index is -0.257. The van der Waals surface area contributed by atoms with Crippen molar-refractivity contribution in [1.82, 2.24) is 4.90 Å². The van der Waals surface area contributed by atoms with Crippen molar-refractivity contribution < 1.29 is 9.53 Å². The molecule has 0 radical (unpaired) electrons. The van der Waals surface area contributed by atoms with Crippen molar-refractivity contribution in [2.24, 2.45) is 11.7 Å². The fourth-order valence-corrected chi connectivity index (χ4v) is 2.43. The minimum Gasteiger partial charge on any atom is -0.383 e. The number of hydrogen-bond acceptors (Lipinski definition) is 3. The lowest BCUT2D eigenvalue weighted by Crippen LogP contribution is -2.42. The third-order valence-corrected chi connectivity index (χ3v) is 3.92. The van der Waals surface area contributed by atoms with Gasteiger partial charge in [0.1, 0.15) is 0 Å². The van der Waals surface area contributed by atoms with Crippen molar-refractivity contribution >= 4 is 5.91 Å². The fraction of sp³-hybridized carbons (Fsp3) is 0.562. The third kappa shape index (κ3) is 3.58. The van der Waals surface area contributed by atoms with Crippen LogP contribution in [0.1, 0.15) is 31.4 Å². The zero-order valence-corrected chi connectivity index (χ0v) is 12.3. The zero-order valence-electron chi connectivity index (χ0n) is 12.3. The number of ether oxygens (including phenoxy) is 1. The maximum absolute atomic E-state index is 12.6. The van der Waals surface area contributed by atoms with Crippen molar-refractivity contribution in [3.63, 3.8) is 0 Å². The summed E-state index contributed by atoms with van der Waals surface area (Å²) < 4.78 is 5.10. The molecular weight excluding hydrogens is 252 g/mol. The number of methoxy groups -OCH3 is 1. The van der Waals surface area contributed by atoms with Gasteiger partial charge in [-0.15, -0.1) is 0 Å². The minimum absolute atomic E-state index is 0.140. The molecule has 0 bridgehead atoms. The van der Waals surface area contributed by atoms with Gasteiger partial charge < -0.3 is 15.4 Å². The van der Waals surface area contributed by atoms with Crippen molar-refractivity contribution in [3.05, 3.63) is 35.9 Å². The molecule has 1 aliphatic carbocycles. The van der Waals surface area contributed by atoms with Gasteiger partial charge in [-0.2, -0.15) is 0 Å². The largest absolute Gasteiger partial charge is 0.383 e. The first-order valence-corrected chi connectivity index (χ1v) is 7.25. The SMILES string of the molecule is COCCN(C(=O)C(C)C(N)c1ccccc1)C1CC1. The van der Waals surface area contributed by atoms with Gasteiger partial charge in [-0.05, 0) is 18.4 Å². The van der Waals surface area contributed by atoms with Gasteiger partial charge in [0, 0.05) is 25.7 Å². The van der Waals surface area contributed by atoms with E-state index in [-0.39, 0.29) is 17.9 Å². The summed E-state index contributed by atoms with van der Waals surface area (Å²) in [5.41, 5.74) is 7.26. The molecule has 0 saturated heterocycles. The summed E-state index contributed by atoms with van der Waals surface area (Å²) in [6.45, 7) is 3.16. The summed E-state index contributed by atoms with van der Waals surface area (Å²) >= 11 is 0. The number of benzene rings is 1. The van der Waals surface area contributed by atoms with Crippen molar-refractivity contribution in [1.29, 1.82) is 0 Å². The first kappa shape index (κ1) is 15.0. The molecular formula is C16H24N2O2. The van der Waals surface area contributed by atoms with Crippen LogP contribution in [0.15, 0.2) is 30.3 Å². The van der Waals surface area contributed by atoms with Gasteiger partial charge in [0.2, 0.25) is 5.91 Å². The van der Waals surface area contributed by atoms with Gasteiger partial charge in [0.25, 0.3) is 0 Å². The Morgan fingerprint density at radius 2 is 2.05 bits per heavy atom. The second kappa shape index (κ2) is 6.86. The van der Waals surface area contributed by atoms with E-state index in [1.54, 1.807) is 7.11 Å². The summed E-state index contributed by atoms with van der Waals surface area (Å²) in [5.74, 6) is -0.0734. The van der Waals surface area contributed by atoms with Crippen LogP contribution in [0, 0.1) is 5.92 Å². The van der Waals surface area contributed by atoms with E-state index in [0.29, 0.717) is 19.2 Å². The summed E-state index contributed by atoms with van der Waals surface area (Å²) in [7, 11) is 1.66. The van der Waals surface area contributed by atoms with Crippen LogP contribution < -0.4 is 5.73 Å². The predicted octanol–water partition coefficient (Wildman–Crippen LogP) is 1.96. The lowest BCUT2D eigenvalue weighted by atomic mass is 9.94. The number of nitrogens with zero attached hydrogens (tertiary/aromatic N) is 1. The Morgan fingerprint density at radius 3 is 2.60 bits per heavy atom. The van der Waals surface area contributed by atoms with Crippen molar-refractivity contribution in [2.45, 2.75) is 31.8 Å². The van der Waals surface area contributed by atoms with E-state index < -0.39 is 0 Å². The molecule has 0 spiro atoms. The average molecular weight is 276 g/mol. The van der Waals surface area contributed by atoms with Crippen LogP contribution in [0.5, 0.6) is 0 Å². The molecule has 0 aromatic heterocycles. The normalized spacial score (nSPS) is 17.6. The first-order valence-electron chi connectivity index (χ1n) is 7.25. The molecule has 2 unspecified atom stereocenters. The molecule has 1 aliphatic rings. The molecule has 4 nitrogen and oxygen atoms in total. The van der Waals surface area contributed by atoms with Crippen LogP contribution in [0.3, 0.4) is 0 Å². The van der Waals surface area contributed by atoms with E-state index in [0.717, 1.165) is 18.4 Å². The van der Waals surface area contributed by atoms with E-state index in [4.69, 9.17) is 10.5 Å². The van der Waals surface area contributed by atoms with Crippen LogP contribution in [0.25, 0.3) is 0 Å². The van der Waals surface area contributed by atoms with Gasteiger partial charge >= 0.3 is 0 Å². The molecule has 0 aliphatic heterocycles. The van der Waals surface area contributed by atoms with Crippen LogP contribution in [0.4, 0.5) is 0 Å². The van der Waals surface area contributed by atoms with Gasteiger partial charge in [-0.1, -0.05) is 37.3 Å². The molecule has 20 heavy (non-hydrogen) atoms. The Morgan fingerprint density at radius 1 is 1.40 bits per heavy atom. The molecule has 4 heteroatoms. The monoisotopic (exact) mass is 276 g/mol. The summed E-state index contributed by atoms with van der Waals surface area (Å²) in [6, 6.07) is 9.95.